The van der Waals surface area contributed by atoms with Crippen LogP contribution in [0.2, 0.25) is 0 Å². The van der Waals surface area contributed by atoms with Crippen LogP contribution in [-0.4, -0.2) is 11.7 Å². The van der Waals surface area contributed by atoms with Crippen molar-refractivity contribution in [3.63, 3.8) is 0 Å². The zero-order chi connectivity index (χ0) is 15.9. The second-order valence-electron chi connectivity index (χ2n) is 4.83. The summed E-state index contributed by atoms with van der Waals surface area (Å²) in [5, 5.41) is 6.80. The summed E-state index contributed by atoms with van der Waals surface area (Å²) in [5.41, 5.74) is 1.85. The molecule has 0 amide bonds. The fraction of sp³-hybridized carbons (Fsp3) is 0.235. The van der Waals surface area contributed by atoms with Crippen LogP contribution in [0.3, 0.4) is 0 Å². The van der Waals surface area contributed by atoms with Gasteiger partial charge in [-0.05, 0) is 68.0 Å². The van der Waals surface area contributed by atoms with Gasteiger partial charge in [0.1, 0.15) is 11.6 Å². The summed E-state index contributed by atoms with van der Waals surface area (Å²) >= 11 is 5.29. The maximum Gasteiger partial charge on any atom is 0.171 e. The highest BCUT2D eigenvalue weighted by molar-refractivity contribution is 7.80. The summed E-state index contributed by atoms with van der Waals surface area (Å²) in [6.45, 7) is 4.56. The van der Waals surface area contributed by atoms with Crippen LogP contribution in [0.1, 0.15) is 25.5 Å². The standard InChI is InChI=1S/C17H19FN2OS/c1-3-21-16-10-8-15(9-11-16)20-17(22)19-12(2)13-4-6-14(18)7-5-13/h4-12H,3H2,1-2H3,(H2,19,20,22)/t12-/m0/s1. The lowest BCUT2D eigenvalue weighted by Crippen LogP contribution is -2.30. The van der Waals surface area contributed by atoms with Crippen LogP contribution in [-0.2, 0) is 0 Å². The first-order valence-electron chi connectivity index (χ1n) is 7.14. The van der Waals surface area contributed by atoms with Crippen LogP contribution in [0.4, 0.5) is 10.1 Å². The number of rotatable bonds is 5. The molecular formula is C17H19FN2OS. The van der Waals surface area contributed by atoms with E-state index in [0.29, 0.717) is 11.7 Å². The molecule has 3 nitrogen and oxygen atoms in total. The lowest BCUT2D eigenvalue weighted by Gasteiger charge is -2.17. The molecule has 5 heteroatoms. The molecule has 0 bridgehead atoms. The van der Waals surface area contributed by atoms with Crippen LogP contribution >= 0.6 is 12.2 Å². The number of hydrogen-bond acceptors (Lipinski definition) is 2. The molecule has 0 aliphatic heterocycles. The van der Waals surface area contributed by atoms with Crippen LogP contribution in [0.25, 0.3) is 0 Å². The normalized spacial score (nSPS) is 11.6. The molecule has 2 rings (SSSR count). The Balaban J connectivity index is 1.90. The van der Waals surface area contributed by atoms with Crippen LogP contribution in [0.15, 0.2) is 48.5 Å². The first kappa shape index (κ1) is 16.2. The van der Waals surface area contributed by atoms with Gasteiger partial charge < -0.3 is 15.4 Å². The first-order chi connectivity index (χ1) is 10.6. The fourth-order valence-corrected chi connectivity index (χ4v) is 2.29. The van der Waals surface area contributed by atoms with Crippen molar-refractivity contribution in [2.75, 3.05) is 11.9 Å². The van der Waals surface area contributed by atoms with Crippen LogP contribution in [0, 0.1) is 5.82 Å². The Kier molecular flexibility index (Phi) is 5.72. The lowest BCUT2D eigenvalue weighted by molar-refractivity contribution is 0.340. The highest BCUT2D eigenvalue weighted by Gasteiger charge is 2.07. The van der Waals surface area contributed by atoms with E-state index in [-0.39, 0.29) is 11.9 Å². The average molecular weight is 318 g/mol. The number of anilines is 1. The summed E-state index contributed by atoms with van der Waals surface area (Å²) in [6, 6.07) is 13.9. The Hall–Kier alpha value is -2.14. The number of nitrogens with one attached hydrogen (secondary N) is 2. The minimum Gasteiger partial charge on any atom is -0.494 e. The van der Waals surface area contributed by atoms with Gasteiger partial charge in [0.25, 0.3) is 0 Å². The van der Waals surface area contributed by atoms with E-state index in [1.807, 2.05) is 38.1 Å². The predicted molar refractivity (Wildman–Crippen MR) is 91.8 cm³/mol. The zero-order valence-electron chi connectivity index (χ0n) is 12.6. The number of thiocarbonyl (C=S) groups is 1. The molecule has 0 saturated heterocycles. The van der Waals surface area contributed by atoms with Crippen LogP contribution in [0.5, 0.6) is 5.75 Å². The fourth-order valence-electron chi connectivity index (χ4n) is 2.00. The number of benzene rings is 2. The van der Waals surface area contributed by atoms with Crippen LogP contribution < -0.4 is 15.4 Å². The molecule has 116 valence electrons. The third-order valence-electron chi connectivity index (χ3n) is 3.14. The van der Waals surface area contributed by atoms with Gasteiger partial charge in [-0.3, -0.25) is 0 Å². The van der Waals surface area contributed by atoms with E-state index in [2.05, 4.69) is 10.6 Å². The molecule has 0 saturated carbocycles. The smallest absolute Gasteiger partial charge is 0.171 e. The molecule has 0 unspecified atom stereocenters. The van der Waals surface area contributed by atoms with E-state index < -0.39 is 0 Å². The molecule has 0 fully saturated rings. The lowest BCUT2D eigenvalue weighted by atomic mass is 10.1. The molecule has 2 aromatic rings. The minimum absolute atomic E-state index is 0.0108. The summed E-state index contributed by atoms with van der Waals surface area (Å²) < 4.78 is 18.3. The minimum atomic E-state index is -0.244. The maximum atomic E-state index is 12.9. The second-order valence-corrected chi connectivity index (χ2v) is 5.24. The van der Waals surface area contributed by atoms with Gasteiger partial charge >= 0.3 is 0 Å². The average Bonchev–Trinajstić information content (AvgIpc) is 2.50. The van der Waals surface area contributed by atoms with Gasteiger partial charge in [0.05, 0.1) is 12.6 Å². The number of hydrogen-bond donors (Lipinski definition) is 2. The molecule has 2 N–H and O–H groups in total. The van der Waals surface area contributed by atoms with Crippen molar-refractivity contribution in [1.29, 1.82) is 0 Å². The van der Waals surface area contributed by atoms with Crippen molar-refractivity contribution in [3.8, 4) is 5.75 Å². The molecule has 0 radical (unpaired) electrons. The highest BCUT2D eigenvalue weighted by atomic mass is 32.1. The number of halogens is 1. The van der Waals surface area contributed by atoms with E-state index in [9.17, 15) is 4.39 Å². The molecule has 22 heavy (non-hydrogen) atoms. The third kappa shape index (κ3) is 4.70. The SMILES string of the molecule is CCOc1ccc(NC(=S)N[C@@H](C)c2ccc(F)cc2)cc1. The Morgan fingerprint density at radius 2 is 1.77 bits per heavy atom. The second kappa shape index (κ2) is 7.75. The molecular weight excluding hydrogens is 299 g/mol. The van der Waals surface area contributed by atoms with Gasteiger partial charge in [-0.15, -0.1) is 0 Å². The maximum absolute atomic E-state index is 12.9. The largest absolute Gasteiger partial charge is 0.494 e. The summed E-state index contributed by atoms with van der Waals surface area (Å²) in [7, 11) is 0. The molecule has 0 spiro atoms. The summed E-state index contributed by atoms with van der Waals surface area (Å²) in [5.74, 6) is 0.581. The quantitative estimate of drug-likeness (QED) is 0.807. The van der Waals surface area contributed by atoms with Crippen molar-refractivity contribution in [3.05, 3.63) is 59.9 Å². The van der Waals surface area contributed by atoms with Crippen molar-refractivity contribution >= 4 is 23.0 Å². The topological polar surface area (TPSA) is 33.3 Å². The van der Waals surface area contributed by atoms with Crippen molar-refractivity contribution in [1.82, 2.24) is 5.32 Å². The molecule has 0 aromatic heterocycles. The zero-order valence-corrected chi connectivity index (χ0v) is 13.4. The van der Waals surface area contributed by atoms with E-state index in [4.69, 9.17) is 17.0 Å². The predicted octanol–water partition coefficient (Wildman–Crippen LogP) is 4.27. The monoisotopic (exact) mass is 318 g/mol. The molecule has 1 atom stereocenters. The third-order valence-corrected chi connectivity index (χ3v) is 3.36. The van der Waals surface area contributed by atoms with Gasteiger partial charge in [0.2, 0.25) is 0 Å². The highest BCUT2D eigenvalue weighted by Crippen LogP contribution is 2.16. The number of ether oxygens (including phenoxy) is 1. The van der Waals surface area contributed by atoms with Gasteiger partial charge in [-0.2, -0.15) is 0 Å². The van der Waals surface area contributed by atoms with E-state index in [1.54, 1.807) is 12.1 Å². The summed E-state index contributed by atoms with van der Waals surface area (Å²) in [4.78, 5) is 0. The van der Waals surface area contributed by atoms with Gasteiger partial charge in [-0.25, -0.2) is 4.39 Å². The van der Waals surface area contributed by atoms with Crippen molar-refractivity contribution in [2.24, 2.45) is 0 Å². The molecule has 2 aromatic carbocycles. The van der Waals surface area contributed by atoms with E-state index >= 15 is 0 Å². The Bertz CT molecular complexity index is 614. The van der Waals surface area contributed by atoms with Gasteiger partial charge in [-0.1, -0.05) is 12.1 Å². The van der Waals surface area contributed by atoms with Gasteiger partial charge in [0, 0.05) is 5.69 Å². The Morgan fingerprint density at radius 1 is 1.14 bits per heavy atom. The molecule has 0 aliphatic rings. The van der Waals surface area contributed by atoms with E-state index in [0.717, 1.165) is 17.0 Å². The molecule has 0 aliphatic carbocycles. The van der Waals surface area contributed by atoms with Gasteiger partial charge in [0.15, 0.2) is 5.11 Å². The molecule has 0 heterocycles. The Labute approximate surface area is 135 Å². The van der Waals surface area contributed by atoms with E-state index in [1.165, 1.54) is 12.1 Å². The summed E-state index contributed by atoms with van der Waals surface area (Å²) in [6.07, 6.45) is 0. The van der Waals surface area contributed by atoms with Crippen molar-refractivity contribution in [2.45, 2.75) is 19.9 Å². The van der Waals surface area contributed by atoms with Crippen molar-refractivity contribution < 1.29 is 9.13 Å². The first-order valence-corrected chi connectivity index (χ1v) is 7.55. The Morgan fingerprint density at radius 3 is 2.36 bits per heavy atom.